The zero-order valence-corrected chi connectivity index (χ0v) is 17.4. The van der Waals surface area contributed by atoms with Crippen molar-refractivity contribution in [1.82, 2.24) is 0 Å². The first kappa shape index (κ1) is 17.7. The minimum absolute atomic E-state index is 0.557. The van der Waals surface area contributed by atoms with Crippen LogP contribution in [0.1, 0.15) is 0 Å². The van der Waals surface area contributed by atoms with E-state index in [2.05, 4.69) is 0 Å². The van der Waals surface area contributed by atoms with Crippen molar-refractivity contribution in [2.45, 2.75) is 0 Å². The number of hydrogen-bond donors (Lipinski definition) is 0. The summed E-state index contributed by atoms with van der Waals surface area (Å²) in [6.45, 7) is 1.14. The number of fused-ring (bicyclic) bond motifs is 1. The van der Waals surface area contributed by atoms with Crippen LogP contribution in [-0.4, -0.2) is 13.2 Å². The minimum atomic E-state index is -2.93. The molecule has 0 unspecified atom stereocenters. The number of hydrogen-bond acceptors (Lipinski definition) is 5. The van der Waals surface area contributed by atoms with Crippen LogP contribution in [0.15, 0.2) is 78.2 Å². The van der Waals surface area contributed by atoms with Gasteiger partial charge in [-0.15, -0.1) is 22.7 Å². The van der Waals surface area contributed by atoms with E-state index in [1.54, 1.807) is 22.7 Å². The molecule has 0 radical (unpaired) electrons. The van der Waals surface area contributed by atoms with Gasteiger partial charge in [0, 0.05) is 20.9 Å². The van der Waals surface area contributed by atoms with E-state index < -0.39 is 7.14 Å². The molecule has 0 aliphatic carbocycles. The van der Waals surface area contributed by atoms with Gasteiger partial charge in [-0.25, -0.2) is 0 Å². The normalized spacial score (nSPS) is 13.4. The molecule has 1 aliphatic heterocycles. The van der Waals surface area contributed by atoms with E-state index in [1.807, 2.05) is 78.2 Å². The minimum Gasteiger partial charge on any atom is -0.485 e. The van der Waals surface area contributed by atoms with Crippen LogP contribution < -0.4 is 24.7 Å². The molecule has 1 aliphatic rings. The quantitative estimate of drug-likeness (QED) is 0.438. The summed E-state index contributed by atoms with van der Waals surface area (Å²) in [5, 5.41) is 3.68. The molecule has 0 fully saturated rings. The fraction of sp³-hybridized carbons (Fsp3) is 0.0909. The Kier molecular flexibility index (Phi) is 4.59. The van der Waals surface area contributed by atoms with Gasteiger partial charge in [-0.05, 0) is 12.1 Å². The van der Waals surface area contributed by atoms with Crippen molar-refractivity contribution in [3.63, 3.8) is 0 Å². The van der Waals surface area contributed by atoms with Crippen molar-refractivity contribution >= 4 is 45.0 Å². The van der Waals surface area contributed by atoms with Crippen LogP contribution >= 0.6 is 29.8 Å². The van der Waals surface area contributed by atoms with E-state index in [1.165, 1.54) is 0 Å². The molecule has 3 heterocycles. The van der Waals surface area contributed by atoms with E-state index in [-0.39, 0.29) is 0 Å². The predicted octanol–water partition coefficient (Wildman–Crippen LogP) is 4.89. The Morgan fingerprint density at radius 1 is 0.786 bits per heavy atom. The third-order valence-corrected chi connectivity index (χ3v) is 10.5. The summed E-state index contributed by atoms with van der Waals surface area (Å²) in [6, 6.07) is 23.5. The first-order valence-corrected chi connectivity index (χ1v) is 12.4. The molecule has 0 N–H and O–H groups in total. The Morgan fingerprint density at radius 2 is 1.43 bits per heavy atom. The number of thiophene rings is 2. The van der Waals surface area contributed by atoms with Crippen LogP contribution in [0.5, 0.6) is 11.5 Å². The standard InChI is InChI=1S/C22H17O3PS2/c23-26(16-7-3-1-4-8-16,17-9-5-2-6-10-17)20-12-11-19(28-20)22-21-18(15-27-22)24-13-14-25-21/h1-12,15H,13-14H2. The zero-order valence-electron chi connectivity index (χ0n) is 14.9. The van der Waals surface area contributed by atoms with Gasteiger partial charge >= 0.3 is 0 Å². The molecular formula is C22H17O3PS2. The van der Waals surface area contributed by atoms with E-state index in [0.29, 0.717) is 13.2 Å². The lowest BCUT2D eigenvalue weighted by atomic mass is 10.3. The maximum Gasteiger partial charge on any atom is 0.180 e. The fourth-order valence-corrected chi connectivity index (χ4v) is 8.85. The van der Waals surface area contributed by atoms with Gasteiger partial charge in [0.25, 0.3) is 0 Å². The predicted molar refractivity (Wildman–Crippen MR) is 118 cm³/mol. The molecule has 5 rings (SSSR count). The van der Waals surface area contributed by atoms with Crippen LogP contribution in [0.25, 0.3) is 9.75 Å². The zero-order chi connectivity index (χ0) is 19.0. The molecule has 0 bridgehead atoms. The highest BCUT2D eigenvalue weighted by Crippen LogP contribution is 2.50. The fourth-order valence-electron chi connectivity index (χ4n) is 3.33. The summed E-state index contributed by atoms with van der Waals surface area (Å²) in [6.07, 6.45) is 0. The van der Waals surface area contributed by atoms with Crippen LogP contribution in [-0.2, 0) is 4.57 Å². The molecule has 0 saturated carbocycles. The van der Waals surface area contributed by atoms with Gasteiger partial charge in [0.15, 0.2) is 18.6 Å². The van der Waals surface area contributed by atoms with Gasteiger partial charge < -0.3 is 14.0 Å². The van der Waals surface area contributed by atoms with Crippen molar-refractivity contribution in [1.29, 1.82) is 0 Å². The van der Waals surface area contributed by atoms with Gasteiger partial charge in [0.1, 0.15) is 13.2 Å². The maximum atomic E-state index is 14.4. The second-order valence-electron chi connectivity index (χ2n) is 6.37. The summed E-state index contributed by atoms with van der Waals surface area (Å²) in [5.41, 5.74) is 0. The largest absolute Gasteiger partial charge is 0.485 e. The van der Waals surface area contributed by atoms with Gasteiger partial charge in [0.05, 0.1) is 9.50 Å². The van der Waals surface area contributed by atoms with Crippen molar-refractivity contribution in [3.8, 4) is 21.3 Å². The molecule has 0 atom stereocenters. The maximum absolute atomic E-state index is 14.4. The SMILES string of the molecule is O=P(c1ccccc1)(c1ccccc1)c1ccc(-c2scc3c2OCCO3)s1. The van der Waals surface area contributed by atoms with E-state index in [4.69, 9.17) is 9.47 Å². The second-order valence-corrected chi connectivity index (χ2v) is 11.4. The molecule has 140 valence electrons. The van der Waals surface area contributed by atoms with E-state index in [0.717, 1.165) is 36.5 Å². The number of benzene rings is 2. The molecule has 0 spiro atoms. The van der Waals surface area contributed by atoms with Crippen LogP contribution in [0, 0.1) is 0 Å². The second kappa shape index (κ2) is 7.25. The Labute approximate surface area is 171 Å². The summed E-state index contributed by atoms with van der Waals surface area (Å²) < 4.78 is 26.8. The highest BCUT2D eigenvalue weighted by Gasteiger charge is 2.32. The van der Waals surface area contributed by atoms with Gasteiger partial charge in [-0.1, -0.05) is 60.7 Å². The molecule has 6 heteroatoms. The van der Waals surface area contributed by atoms with Gasteiger partial charge in [0.2, 0.25) is 0 Å². The molecule has 3 nitrogen and oxygen atoms in total. The molecule has 2 aromatic heterocycles. The van der Waals surface area contributed by atoms with E-state index in [9.17, 15) is 4.57 Å². The lowest BCUT2D eigenvalue weighted by Crippen LogP contribution is -2.22. The third-order valence-electron chi connectivity index (χ3n) is 4.67. The lowest BCUT2D eigenvalue weighted by Gasteiger charge is -2.18. The van der Waals surface area contributed by atoms with Crippen LogP contribution in [0.4, 0.5) is 0 Å². The Hall–Kier alpha value is -2.33. The lowest BCUT2D eigenvalue weighted by molar-refractivity contribution is 0.174. The smallest absolute Gasteiger partial charge is 0.180 e. The van der Waals surface area contributed by atoms with Gasteiger partial charge in [-0.2, -0.15) is 0 Å². The molecule has 4 aromatic rings. The molecule has 0 saturated heterocycles. The molecule has 2 aromatic carbocycles. The van der Waals surface area contributed by atoms with Crippen molar-refractivity contribution < 1.29 is 14.0 Å². The van der Waals surface area contributed by atoms with Crippen molar-refractivity contribution in [2.24, 2.45) is 0 Å². The average molecular weight is 424 g/mol. The van der Waals surface area contributed by atoms with Crippen molar-refractivity contribution in [3.05, 3.63) is 78.2 Å². The Balaban J connectivity index is 1.64. The average Bonchev–Trinajstić information content (AvgIpc) is 3.42. The summed E-state index contributed by atoms with van der Waals surface area (Å²) in [5.74, 6) is 1.61. The number of rotatable bonds is 4. The first-order chi connectivity index (χ1) is 13.8. The number of ether oxygens (including phenoxy) is 2. The van der Waals surface area contributed by atoms with Crippen molar-refractivity contribution in [2.75, 3.05) is 13.2 Å². The molecular weight excluding hydrogens is 407 g/mol. The van der Waals surface area contributed by atoms with E-state index >= 15 is 0 Å². The van der Waals surface area contributed by atoms with Crippen LogP contribution in [0.3, 0.4) is 0 Å². The monoisotopic (exact) mass is 424 g/mol. The summed E-state index contributed by atoms with van der Waals surface area (Å²) >= 11 is 3.18. The summed E-state index contributed by atoms with van der Waals surface area (Å²) in [7, 11) is -2.93. The topological polar surface area (TPSA) is 35.5 Å². The highest BCUT2D eigenvalue weighted by molar-refractivity contribution is 7.89. The summed E-state index contributed by atoms with van der Waals surface area (Å²) in [4.78, 5) is 2.09. The third kappa shape index (κ3) is 2.91. The Morgan fingerprint density at radius 3 is 2.11 bits per heavy atom. The molecule has 0 amide bonds. The van der Waals surface area contributed by atoms with Crippen LogP contribution in [0.2, 0.25) is 0 Å². The first-order valence-electron chi connectivity index (χ1n) is 8.96. The highest BCUT2D eigenvalue weighted by atomic mass is 32.1. The molecule has 28 heavy (non-hydrogen) atoms. The van der Waals surface area contributed by atoms with Gasteiger partial charge in [-0.3, -0.25) is 0 Å². The Bertz CT molecular complexity index is 1110.